The fourth-order valence-corrected chi connectivity index (χ4v) is 4.18. The zero-order valence-corrected chi connectivity index (χ0v) is 13.7. The van der Waals surface area contributed by atoms with Gasteiger partial charge in [-0.05, 0) is 18.9 Å². The second kappa shape index (κ2) is 5.13. The Balaban J connectivity index is 2.16. The summed E-state index contributed by atoms with van der Waals surface area (Å²) in [4.78, 5) is 12.7. The number of aromatic carboxylic acids is 1. The summed E-state index contributed by atoms with van der Waals surface area (Å²) in [5.74, 6) is -0.841. The van der Waals surface area contributed by atoms with Crippen LogP contribution in [0.1, 0.15) is 74.3 Å². The maximum absolute atomic E-state index is 11.3. The van der Waals surface area contributed by atoms with Crippen molar-refractivity contribution >= 4 is 27.5 Å². The minimum absolute atomic E-state index is 0.0744. The Hall–Kier alpha value is -1.36. The van der Waals surface area contributed by atoms with E-state index in [4.69, 9.17) is 5.10 Å². The summed E-state index contributed by atoms with van der Waals surface area (Å²) in [6.45, 7) is 6.41. The summed E-state index contributed by atoms with van der Waals surface area (Å²) in [5, 5.41) is 15.2. The number of aromatic nitrogens is 2. The van der Waals surface area contributed by atoms with Gasteiger partial charge in [-0.25, -0.2) is 4.79 Å². The second-order valence-electron chi connectivity index (χ2n) is 6.97. The number of carboxylic acids is 1. The number of nitrogens with zero attached hydrogens (tertiary/aromatic N) is 2. The molecule has 1 fully saturated rings. The highest BCUT2D eigenvalue weighted by atomic mass is 32.1. The van der Waals surface area contributed by atoms with Crippen LogP contribution in [0.25, 0.3) is 10.2 Å². The third kappa shape index (κ3) is 2.59. The Kier molecular flexibility index (Phi) is 3.56. The van der Waals surface area contributed by atoms with E-state index in [1.54, 1.807) is 6.07 Å². The SMILES string of the molecule is CC(C)(C)c1nn(C2CCCCC2)c2sc(C(=O)O)cc12. The molecule has 21 heavy (non-hydrogen) atoms. The Morgan fingerprint density at radius 1 is 1.33 bits per heavy atom. The zero-order valence-electron chi connectivity index (χ0n) is 12.8. The quantitative estimate of drug-likeness (QED) is 0.882. The molecule has 2 aromatic heterocycles. The lowest BCUT2D eigenvalue weighted by molar-refractivity contribution is 0.0702. The minimum Gasteiger partial charge on any atom is -0.477 e. The average Bonchev–Trinajstić information content (AvgIpc) is 2.96. The zero-order chi connectivity index (χ0) is 15.2. The molecule has 0 spiro atoms. The molecule has 0 unspecified atom stereocenters. The van der Waals surface area contributed by atoms with Gasteiger partial charge in [-0.1, -0.05) is 40.0 Å². The molecule has 0 amide bonds. The van der Waals surface area contributed by atoms with Crippen LogP contribution in [-0.2, 0) is 5.41 Å². The van der Waals surface area contributed by atoms with Crippen molar-refractivity contribution in [3.63, 3.8) is 0 Å². The van der Waals surface area contributed by atoms with E-state index in [9.17, 15) is 9.90 Å². The monoisotopic (exact) mass is 306 g/mol. The first-order valence-electron chi connectivity index (χ1n) is 7.64. The standard InChI is InChI=1S/C16H22N2O2S/c1-16(2,3)13-11-9-12(15(19)20)21-14(11)18(17-13)10-7-5-4-6-8-10/h9-10H,4-8H2,1-3H3,(H,19,20). The van der Waals surface area contributed by atoms with Crippen LogP contribution < -0.4 is 0 Å². The number of hydrogen-bond donors (Lipinski definition) is 1. The Morgan fingerprint density at radius 2 is 2.00 bits per heavy atom. The minimum atomic E-state index is -0.841. The van der Waals surface area contributed by atoms with Crippen LogP contribution >= 0.6 is 11.3 Å². The Bertz CT molecular complexity index is 672. The number of rotatable bonds is 2. The van der Waals surface area contributed by atoms with Crippen LogP contribution in [0.5, 0.6) is 0 Å². The molecule has 0 aliphatic heterocycles. The summed E-state index contributed by atoms with van der Waals surface area (Å²) in [6, 6.07) is 2.23. The van der Waals surface area contributed by atoms with Gasteiger partial charge in [-0.15, -0.1) is 11.3 Å². The van der Waals surface area contributed by atoms with Gasteiger partial charge in [0.1, 0.15) is 9.71 Å². The highest BCUT2D eigenvalue weighted by Gasteiger charge is 2.28. The lowest BCUT2D eigenvalue weighted by atomic mass is 9.91. The average molecular weight is 306 g/mol. The van der Waals surface area contributed by atoms with Crippen LogP contribution in [-0.4, -0.2) is 20.9 Å². The summed E-state index contributed by atoms with van der Waals surface area (Å²) in [6.07, 6.45) is 6.10. The van der Waals surface area contributed by atoms with Crippen molar-refractivity contribution in [1.29, 1.82) is 0 Å². The molecule has 0 atom stereocenters. The molecule has 0 saturated heterocycles. The molecule has 1 aliphatic carbocycles. The first kappa shape index (κ1) is 14.6. The Morgan fingerprint density at radius 3 is 2.57 bits per heavy atom. The molecule has 0 radical (unpaired) electrons. The van der Waals surface area contributed by atoms with Crippen LogP contribution in [0.2, 0.25) is 0 Å². The van der Waals surface area contributed by atoms with E-state index in [2.05, 4.69) is 25.5 Å². The van der Waals surface area contributed by atoms with Crippen molar-refractivity contribution in [2.75, 3.05) is 0 Å². The van der Waals surface area contributed by atoms with Crippen molar-refractivity contribution in [3.05, 3.63) is 16.6 Å². The summed E-state index contributed by atoms with van der Waals surface area (Å²) < 4.78 is 2.12. The van der Waals surface area contributed by atoms with Crippen LogP contribution in [0, 0.1) is 0 Å². The number of thiophene rings is 1. The fourth-order valence-electron chi connectivity index (χ4n) is 3.16. The summed E-state index contributed by atoms with van der Waals surface area (Å²) in [5.41, 5.74) is 0.946. The van der Waals surface area contributed by atoms with E-state index in [1.165, 1.54) is 30.6 Å². The lowest BCUT2D eigenvalue weighted by Crippen LogP contribution is -2.17. The van der Waals surface area contributed by atoms with Gasteiger partial charge in [0.15, 0.2) is 0 Å². The van der Waals surface area contributed by atoms with E-state index in [-0.39, 0.29) is 5.41 Å². The van der Waals surface area contributed by atoms with Gasteiger partial charge in [0.05, 0.1) is 11.7 Å². The molecule has 2 heterocycles. The van der Waals surface area contributed by atoms with Crippen molar-refractivity contribution < 1.29 is 9.90 Å². The van der Waals surface area contributed by atoms with Crippen LogP contribution in [0.3, 0.4) is 0 Å². The van der Waals surface area contributed by atoms with Crippen LogP contribution in [0.15, 0.2) is 6.07 Å². The first-order chi connectivity index (χ1) is 9.88. The van der Waals surface area contributed by atoms with E-state index in [0.29, 0.717) is 10.9 Å². The number of fused-ring (bicyclic) bond motifs is 1. The molecule has 1 saturated carbocycles. The number of hydrogen-bond acceptors (Lipinski definition) is 3. The van der Waals surface area contributed by atoms with E-state index >= 15 is 0 Å². The van der Waals surface area contributed by atoms with Crippen LogP contribution in [0.4, 0.5) is 0 Å². The van der Waals surface area contributed by atoms with E-state index in [0.717, 1.165) is 28.8 Å². The van der Waals surface area contributed by atoms with Gasteiger partial charge < -0.3 is 5.11 Å². The molecular formula is C16H22N2O2S. The molecule has 0 aromatic carbocycles. The molecule has 114 valence electrons. The molecular weight excluding hydrogens is 284 g/mol. The first-order valence-corrected chi connectivity index (χ1v) is 8.45. The molecule has 0 bridgehead atoms. The molecule has 2 aromatic rings. The third-order valence-electron chi connectivity index (χ3n) is 4.23. The van der Waals surface area contributed by atoms with Crippen molar-refractivity contribution in [2.24, 2.45) is 0 Å². The van der Waals surface area contributed by atoms with Crippen molar-refractivity contribution in [1.82, 2.24) is 9.78 Å². The molecule has 3 rings (SSSR count). The molecule has 1 N–H and O–H groups in total. The fraction of sp³-hybridized carbons (Fsp3) is 0.625. The van der Waals surface area contributed by atoms with Crippen molar-refractivity contribution in [2.45, 2.75) is 64.3 Å². The lowest BCUT2D eigenvalue weighted by Gasteiger charge is -2.23. The molecule has 5 heteroatoms. The van der Waals surface area contributed by atoms with Crippen molar-refractivity contribution in [3.8, 4) is 0 Å². The molecule has 1 aliphatic rings. The van der Waals surface area contributed by atoms with Gasteiger partial charge in [-0.3, -0.25) is 4.68 Å². The van der Waals surface area contributed by atoms with E-state index in [1.807, 2.05) is 0 Å². The van der Waals surface area contributed by atoms with Gasteiger partial charge in [0.25, 0.3) is 0 Å². The third-order valence-corrected chi connectivity index (χ3v) is 5.34. The highest BCUT2D eigenvalue weighted by molar-refractivity contribution is 7.20. The van der Waals surface area contributed by atoms with E-state index < -0.39 is 5.97 Å². The smallest absolute Gasteiger partial charge is 0.345 e. The number of carboxylic acid groups (broad SMARTS) is 1. The second-order valence-corrected chi connectivity index (χ2v) is 8.00. The largest absolute Gasteiger partial charge is 0.477 e. The normalized spacial score (nSPS) is 17.5. The predicted molar refractivity (Wildman–Crippen MR) is 85.4 cm³/mol. The maximum atomic E-state index is 11.3. The van der Waals surface area contributed by atoms with Gasteiger partial charge in [0, 0.05) is 10.8 Å². The van der Waals surface area contributed by atoms with Gasteiger partial charge >= 0.3 is 5.97 Å². The Labute approximate surface area is 128 Å². The van der Waals surface area contributed by atoms with Gasteiger partial charge in [0.2, 0.25) is 0 Å². The highest BCUT2D eigenvalue weighted by Crippen LogP contribution is 2.38. The summed E-state index contributed by atoms with van der Waals surface area (Å²) >= 11 is 1.36. The van der Waals surface area contributed by atoms with Gasteiger partial charge in [-0.2, -0.15) is 5.10 Å². The molecule has 4 nitrogen and oxygen atoms in total. The topological polar surface area (TPSA) is 55.1 Å². The number of carbonyl (C=O) groups is 1. The maximum Gasteiger partial charge on any atom is 0.345 e. The predicted octanol–water partition coefficient (Wildman–Crippen LogP) is 4.60. The summed E-state index contributed by atoms with van der Waals surface area (Å²) in [7, 11) is 0.